The monoisotopic (exact) mass is 353 g/mol. The molecule has 2 atom stereocenters. The summed E-state index contributed by atoms with van der Waals surface area (Å²) in [5.74, 6) is -0.297. The Morgan fingerprint density at radius 3 is 2.72 bits per heavy atom. The van der Waals surface area contributed by atoms with E-state index in [1.807, 2.05) is 0 Å². The normalized spacial score (nSPS) is 20.9. The van der Waals surface area contributed by atoms with Crippen LogP contribution in [-0.2, 0) is 17.5 Å². The number of carbonyl (C=O) groups is 1. The topological polar surface area (TPSA) is 58.4 Å². The summed E-state index contributed by atoms with van der Waals surface area (Å²) in [6.45, 7) is 0.376. The Hall–Kier alpha value is -2.35. The van der Waals surface area contributed by atoms with Crippen LogP contribution in [0.15, 0.2) is 42.7 Å². The molecule has 25 heavy (non-hydrogen) atoms. The van der Waals surface area contributed by atoms with E-state index in [-0.39, 0.29) is 30.9 Å². The number of carbonyl (C=O) groups excluding carboxylic acids is 1. The molecule has 2 heterocycles. The number of aryl methyl sites for hydroxylation is 1. The van der Waals surface area contributed by atoms with Crippen LogP contribution in [0.3, 0.4) is 0 Å². The number of aliphatic hydroxyl groups is 1. The summed E-state index contributed by atoms with van der Waals surface area (Å²) >= 11 is 0. The van der Waals surface area contributed by atoms with Crippen LogP contribution < -0.4 is 0 Å². The lowest BCUT2D eigenvalue weighted by molar-refractivity contribution is -0.140. The Morgan fingerprint density at radius 1 is 1.28 bits per heavy atom. The predicted octanol–water partition coefficient (Wildman–Crippen LogP) is 2.63. The maximum Gasteiger partial charge on any atom is 0.416 e. The van der Waals surface area contributed by atoms with E-state index in [4.69, 9.17) is 0 Å². The third-order valence-corrected chi connectivity index (χ3v) is 4.34. The van der Waals surface area contributed by atoms with E-state index in [1.54, 1.807) is 23.1 Å². The van der Waals surface area contributed by atoms with Gasteiger partial charge in [-0.2, -0.15) is 18.3 Å². The molecule has 1 aliphatic heterocycles. The van der Waals surface area contributed by atoms with E-state index >= 15 is 0 Å². The Morgan fingerprint density at radius 2 is 2.04 bits per heavy atom. The number of aromatic nitrogens is 2. The minimum Gasteiger partial charge on any atom is -0.391 e. The molecule has 0 bridgehead atoms. The Labute approximate surface area is 142 Å². The molecule has 1 amide bonds. The molecule has 1 saturated heterocycles. The van der Waals surface area contributed by atoms with Crippen LogP contribution in [0.5, 0.6) is 0 Å². The number of amides is 1. The highest BCUT2D eigenvalue weighted by Crippen LogP contribution is 2.40. The van der Waals surface area contributed by atoms with Crippen molar-refractivity contribution in [3.8, 4) is 0 Å². The molecule has 0 spiro atoms. The maximum absolute atomic E-state index is 13.3. The summed E-state index contributed by atoms with van der Waals surface area (Å²) in [6.07, 6.45) is -1.83. The van der Waals surface area contributed by atoms with E-state index in [0.29, 0.717) is 6.54 Å². The second kappa shape index (κ2) is 6.87. The van der Waals surface area contributed by atoms with Gasteiger partial charge in [0.2, 0.25) is 5.91 Å². The second-order valence-electron chi connectivity index (χ2n) is 6.06. The zero-order valence-electron chi connectivity index (χ0n) is 13.4. The molecular formula is C17H18F3N3O2. The van der Waals surface area contributed by atoms with Crippen molar-refractivity contribution in [3.63, 3.8) is 0 Å². The van der Waals surface area contributed by atoms with Crippen LogP contribution in [0.25, 0.3) is 0 Å². The smallest absolute Gasteiger partial charge is 0.391 e. The van der Waals surface area contributed by atoms with Crippen molar-refractivity contribution < 1.29 is 23.1 Å². The molecule has 8 heteroatoms. The highest BCUT2D eigenvalue weighted by atomic mass is 19.4. The highest BCUT2D eigenvalue weighted by molar-refractivity contribution is 5.77. The standard InChI is InChI=1S/C17H18F3N3O2/c18-17(19,20)14-5-2-1-4-13(14)15-10-12(24)11-23(15)16(25)6-9-22-8-3-7-21-22/h1-5,7-8,12,15,24H,6,9-11H2/t12-,15+/m0/s1. The van der Waals surface area contributed by atoms with E-state index < -0.39 is 23.9 Å². The lowest BCUT2D eigenvalue weighted by atomic mass is 9.97. The van der Waals surface area contributed by atoms with Crippen molar-refractivity contribution in [3.05, 3.63) is 53.9 Å². The minimum atomic E-state index is -4.51. The lowest BCUT2D eigenvalue weighted by Crippen LogP contribution is -2.33. The van der Waals surface area contributed by atoms with Crippen molar-refractivity contribution in [2.24, 2.45) is 0 Å². The average molecular weight is 353 g/mol. The Balaban J connectivity index is 1.81. The maximum atomic E-state index is 13.3. The minimum absolute atomic E-state index is 0.0268. The lowest BCUT2D eigenvalue weighted by Gasteiger charge is -2.27. The molecule has 0 aliphatic carbocycles. The zero-order valence-corrected chi connectivity index (χ0v) is 13.4. The quantitative estimate of drug-likeness (QED) is 0.919. The summed E-state index contributed by atoms with van der Waals surface area (Å²) in [4.78, 5) is 13.9. The predicted molar refractivity (Wildman–Crippen MR) is 83.4 cm³/mol. The fourth-order valence-electron chi connectivity index (χ4n) is 3.22. The van der Waals surface area contributed by atoms with Gasteiger partial charge < -0.3 is 10.0 Å². The number of alkyl halides is 3. The van der Waals surface area contributed by atoms with E-state index in [9.17, 15) is 23.1 Å². The van der Waals surface area contributed by atoms with Crippen molar-refractivity contribution in [1.29, 1.82) is 0 Å². The number of halogens is 3. The zero-order chi connectivity index (χ0) is 18.0. The van der Waals surface area contributed by atoms with Gasteiger partial charge in [-0.25, -0.2) is 0 Å². The molecule has 1 aromatic carbocycles. The third-order valence-electron chi connectivity index (χ3n) is 4.34. The number of likely N-dealkylation sites (tertiary alicyclic amines) is 1. The van der Waals surface area contributed by atoms with Gasteiger partial charge in [-0.05, 0) is 24.1 Å². The van der Waals surface area contributed by atoms with Crippen LogP contribution in [0.4, 0.5) is 13.2 Å². The van der Waals surface area contributed by atoms with Gasteiger partial charge in [-0.3, -0.25) is 9.48 Å². The first-order valence-electron chi connectivity index (χ1n) is 7.97. The summed E-state index contributed by atoms with van der Waals surface area (Å²) < 4.78 is 41.4. The SMILES string of the molecule is O=C(CCn1cccn1)N1C[C@@H](O)C[C@@H]1c1ccccc1C(F)(F)F. The summed E-state index contributed by atoms with van der Waals surface area (Å²) in [7, 11) is 0. The molecule has 3 rings (SSSR count). The van der Waals surface area contributed by atoms with Crippen LogP contribution in [0.2, 0.25) is 0 Å². The number of nitrogens with zero attached hydrogens (tertiary/aromatic N) is 3. The number of aliphatic hydroxyl groups excluding tert-OH is 1. The van der Waals surface area contributed by atoms with Crippen molar-refractivity contribution in [2.75, 3.05) is 6.54 Å². The van der Waals surface area contributed by atoms with Crippen molar-refractivity contribution >= 4 is 5.91 Å². The van der Waals surface area contributed by atoms with Gasteiger partial charge in [0.15, 0.2) is 0 Å². The van der Waals surface area contributed by atoms with E-state index in [0.717, 1.165) is 6.07 Å². The molecule has 2 aromatic rings. The Kier molecular flexibility index (Phi) is 4.80. The summed E-state index contributed by atoms with van der Waals surface area (Å²) in [6, 6.07) is 6.17. The first-order valence-corrected chi connectivity index (χ1v) is 7.97. The molecule has 1 N–H and O–H groups in total. The van der Waals surface area contributed by atoms with Gasteiger partial charge in [-0.15, -0.1) is 0 Å². The number of benzene rings is 1. The molecule has 0 unspecified atom stereocenters. The van der Waals surface area contributed by atoms with Gasteiger partial charge in [0.25, 0.3) is 0 Å². The van der Waals surface area contributed by atoms with Gasteiger partial charge >= 0.3 is 6.18 Å². The number of hydrogen-bond acceptors (Lipinski definition) is 3. The van der Waals surface area contributed by atoms with E-state index in [2.05, 4.69) is 5.10 Å². The van der Waals surface area contributed by atoms with Gasteiger partial charge in [0.05, 0.1) is 17.7 Å². The largest absolute Gasteiger partial charge is 0.416 e. The van der Waals surface area contributed by atoms with Gasteiger partial charge in [0.1, 0.15) is 0 Å². The Bertz CT molecular complexity index is 731. The highest BCUT2D eigenvalue weighted by Gasteiger charge is 2.41. The molecule has 5 nitrogen and oxygen atoms in total. The van der Waals surface area contributed by atoms with Crippen LogP contribution in [0, 0.1) is 0 Å². The van der Waals surface area contributed by atoms with Gasteiger partial charge in [0, 0.05) is 31.9 Å². The third kappa shape index (κ3) is 3.84. The van der Waals surface area contributed by atoms with Crippen molar-refractivity contribution in [1.82, 2.24) is 14.7 Å². The summed E-state index contributed by atoms with van der Waals surface area (Å²) in [5.41, 5.74) is -0.738. The first kappa shape index (κ1) is 17.5. The van der Waals surface area contributed by atoms with E-state index in [1.165, 1.54) is 23.1 Å². The van der Waals surface area contributed by atoms with Gasteiger partial charge in [-0.1, -0.05) is 18.2 Å². The van der Waals surface area contributed by atoms with Crippen LogP contribution >= 0.6 is 0 Å². The number of hydrogen-bond donors (Lipinski definition) is 1. The van der Waals surface area contributed by atoms with Crippen molar-refractivity contribution in [2.45, 2.75) is 37.7 Å². The summed E-state index contributed by atoms with van der Waals surface area (Å²) in [5, 5.41) is 13.9. The van der Waals surface area contributed by atoms with Crippen LogP contribution in [-0.4, -0.2) is 38.3 Å². The second-order valence-corrected chi connectivity index (χ2v) is 6.06. The number of β-amino-alcohol motifs (C(OH)–C–C–N with tert-alkyl or cyclic N) is 1. The average Bonchev–Trinajstić information content (AvgIpc) is 3.21. The molecule has 0 saturated carbocycles. The molecule has 1 fully saturated rings. The molecular weight excluding hydrogens is 335 g/mol. The molecule has 1 aromatic heterocycles. The molecule has 0 radical (unpaired) electrons. The first-order chi connectivity index (χ1) is 11.9. The van der Waals surface area contributed by atoms with Crippen LogP contribution in [0.1, 0.15) is 30.0 Å². The molecule has 134 valence electrons. The number of rotatable bonds is 4. The molecule has 1 aliphatic rings. The fourth-order valence-corrected chi connectivity index (χ4v) is 3.22. The fraction of sp³-hybridized carbons (Fsp3) is 0.412.